The standard InChI is InChI=1S/C14H13NO3S/c16-13-6-1-2-7-15(13)8-9-19-12-5-3-4-11(10-12)14(17)18/h1-7,10H,8-9H2,(H,17,18). The largest absolute Gasteiger partial charge is 0.478 e. The molecule has 0 aliphatic heterocycles. The Hall–Kier alpha value is -2.01. The zero-order valence-electron chi connectivity index (χ0n) is 10.2. The molecule has 0 aliphatic carbocycles. The second-order valence-corrected chi connectivity index (χ2v) is 5.08. The number of nitrogens with zero attached hydrogens (tertiary/aromatic N) is 1. The first kappa shape index (κ1) is 13.4. The van der Waals surface area contributed by atoms with Gasteiger partial charge in [0.1, 0.15) is 0 Å². The van der Waals surface area contributed by atoms with E-state index in [2.05, 4.69) is 0 Å². The van der Waals surface area contributed by atoms with Crippen LogP contribution >= 0.6 is 11.8 Å². The first-order chi connectivity index (χ1) is 9.16. The fraction of sp³-hybridized carbons (Fsp3) is 0.143. The van der Waals surface area contributed by atoms with Crippen molar-refractivity contribution in [2.75, 3.05) is 5.75 Å². The molecule has 0 saturated carbocycles. The van der Waals surface area contributed by atoms with Gasteiger partial charge in [-0.3, -0.25) is 4.79 Å². The third kappa shape index (κ3) is 3.72. The van der Waals surface area contributed by atoms with Crippen LogP contribution in [0, 0.1) is 0 Å². The molecule has 1 heterocycles. The van der Waals surface area contributed by atoms with E-state index >= 15 is 0 Å². The van der Waals surface area contributed by atoms with Crippen LogP contribution in [-0.2, 0) is 6.54 Å². The molecule has 0 amide bonds. The Bertz CT molecular complexity index is 636. The van der Waals surface area contributed by atoms with Crippen molar-refractivity contribution in [2.45, 2.75) is 11.4 Å². The summed E-state index contributed by atoms with van der Waals surface area (Å²) in [6.45, 7) is 0.599. The van der Waals surface area contributed by atoms with Crippen molar-refractivity contribution in [3.8, 4) is 0 Å². The Morgan fingerprint density at radius 1 is 1.21 bits per heavy atom. The Morgan fingerprint density at radius 2 is 2.05 bits per heavy atom. The van der Waals surface area contributed by atoms with Gasteiger partial charge in [-0.05, 0) is 24.3 Å². The van der Waals surface area contributed by atoms with Crippen LogP contribution in [-0.4, -0.2) is 21.4 Å². The van der Waals surface area contributed by atoms with Crippen LogP contribution in [0.2, 0.25) is 0 Å². The van der Waals surface area contributed by atoms with E-state index in [9.17, 15) is 9.59 Å². The first-order valence-electron chi connectivity index (χ1n) is 5.78. The number of rotatable bonds is 5. The maximum absolute atomic E-state index is 11.5. The van der Waals surface area contributed by atoms with Crippen LogP contribution in [0.4, 0.5) is 0 Å². The maximum atomic E-state index is 11.5. The van der Waals surface area contributed by atoms with Crippen molar-refractivity contribution < 1.29 is 9.90 Å². The minimum atomic E-state index is -0.929. The number of hydrogen-bond acceptors (Lipinski definition) is 3. The summed E-state index contributed by atoms with van der Waals surface area (Å²) in [6.07, 6.45) is 1.75. The number of aryl methyl sites for hydroxylation is 1. The summed E-state index contributed by atoms with van der Waals surface area (Å²) in [5.74, 6) is -0.214. The fourth-order valence-corrected chi connectivity index (χ4v) is 2.53. The van der Waals surface area contributed by atoms with Gasteiger partial charge in [0.2, 0.25) is 0 Å². The normalized spacial score (nSPS) is 10.3. The molecule has 1 aromatic heterocycles. The van der Waals surface area contributed by atoms with Crippen molar-refractivity contribution in [1.29, 1.82) is 0 Å². The molecule has 0 fully saturated rings. The van der Waals surface area contributed by atoms with Gasteiger partial charge in [-0.1, -0.05) is 12.1 Å². The molecule has 2 rings (SSSR count). The topological polar surface area (TPSA) is 59.3 Å². The molecule has 0 unspecified atom stereocenters. The van der Waals surface area contributed by atoms with Crippen LogP contribution in [0.1, 0.15) is 10.4 Å². The minimum Gasteiger partial charge on any atom is -0.478 e. The highest BCUT2D eigenvalue weighted by atomic mass is 32.2. The van der Waals surface area contributed by atoms with E-state index in [0.717, 1.165) is 4.90 Å². The Morgan fingerprint density at radius 3 is 2.79 bits per heavy atom. The molecular weight excluding hydrogens is 262 g/mol. The van der Waals surface area contributed by atoms with Gasteiger partial charge < -0.3 is 9.67 Å². The summed E-state index contributed by atoms with van der Waals surface area (Å²) < 4.78 is 1.63. The van der Waals surface area contributed by atoms with E-state index in [1.165, 1.54) is 17.8 Å². The number of carboxylic acids is 1. The third-order valence-electron chi connectivity index (χ3n) is 2.58. The Labute approximate surface area is 114 Å². The molecule has 0 aliphatic rings. The van der Waals surface area contributed by atoms with E-state index in [-0.39, 0.29) is 11.1 Å². The molecular formula is C14H13NO3S. The Kier molecular flexibility index (Phi) is 4.41. The number of benzene rings is 1. The average Bonchev–Trinajstić information content (AvgIpc) is 2.41. The highest BCUT2D eigenvalue weighted by Crippen LogP contribution is 2.19. The van der Waals surface area contributed by atoms with Crippen LogP contribution in [0.5, 0.6) is 0 Å². The van der Waals surface area contributed by atoms with Gasteiger partial charge in [0.05, 0.1) is 5.56 Å². The highest BCUT2D eigenvalue weighted by molar-refractivity contribution is 7.99. The van der Waals surface area contributed by atoms with E-state index in [1.54, 1.807) is 35.0 Å². The number of thioether (sulfide) groups is 1. The molecule has 98 valence electrons. The molecule has 0 atom stereocenters. The van der Waals surface area contributed by atoms with E-state index in [0.29, 0.717) is 12.3 Å². The van der Waals surface area contributed by atoms with Crippen LogP contribution in [0.25, 0.3) is 0 Å². The third-order valence-corrected chi connectivity index (χ3v) is 3.55. The van der Waals surface area contributed by atoms with Gasteiger partial charge in [-0.2, -0.15) is 0 Å². The van der Waals surface area contributed by atoms with Crippen molar-refractivity contribution in [2.24, 2.45) is 0 Å². The Balaban J connectivity index is 1.96. The zero-order valence-corrected chi connectivity index (χ0v) is 11.0. The summed E-state index contributed by atoms with van der Waals surface area (Å²) in [5.41, 5.74) is 0.254. The summed E-state index contributed by atoms with van der Waals surface area (Å²) >= 11 is 1.53. The fourth-order valence-electron chi connectivity index (χ4n) is 1.63. The number of hydrogen-bond donors (Lipinski definition) is 1. The number of aromatic carboxylic acids is 1. The summed E-state index contributed by atoms with van der Waals surface area (Å²) in [4.78, 5) is 23.2. The minimum absolute atomic E-state index is 0.0256. The van der Waals surface area contributed by atoms with Crippen LogP contribution in [0.15, 0.2) is 58.4 Å². The lowest BCUT2D eigenvalue weighted by Crippen LogP contribution is -2.18. The second-order valence-electron chi connectivity index (χ2n) is 3.91. The molecule has 5 heteroatoms. The van der Waals surface area contributed by atoms with E-state index in [1.807, 2.05) is 12.1 Å². The highest BCUT2D eigenvalue weighted by Gasteiger charge is 2.03. The van der Waals surface area contributed by atoms with Gasteiger partial charge >= 0.3 is 5.97 Å². The smallest absolute Gasteiger partial charge is 0.335 e. The zero-order chi connectivity index (χ0) is 13.7. The van der Waals surface area contributed by atoms with Crippen LogP contribution in [0.3, 0.4) is 0 Å². The molecule has 0 spiro atoms. The van der Waals surface area contributed by atoms with Crippen molar-refractivity contribution in [1.82, 2.24) is 4.57 Å². The SMILES string of the molecule is O=C(O)c1cccc(SCCn2ccccc2=O)c1. The first-order valence-corrected chi connectivity index (χ1v) is 6.77. The quantitative estimate of drug-likeness (QED) is 0.851. The van der Waals surface area contributed by atoms with E-state index in [4.69, 9.17) is 5.11 Å². The second kappa shape index (κ2) is 6.24. The lowest BCUT2D eigenvalue weighted by molar-refractivity contribution is 0.0696. The lowest BCUT2D eigenvalue weighted by Gasteiger charge is -2.05. The molecule has 4 nitrogen and oxygen atoms in total. The maximum Gasteiger partial charge on any atom is 0.335 e. The molecule has 2 aromatic rings. The van der Waals surface area contributed by atoms with Gasteiger partial charge in [-0.25, -0.2) is 4.79 Å². The van der Waals surface area contributed by atoms with Crippen molar-refractivity contribution >= 4 is 17.7 Å². The van der Waals surface area contributed by atoms with Gasteiger partial charge in [0.15, 0.2) is 0 Å². The molecule has 0 saturated heterocycles. The number of carbonyl (C=O) groups is 1. The molecule has 1 aromatic carbocycles. The van der Waals surface area contributed by atoms with Crippen LogP contribution < -0.4 is 5.56 Å². The predicted octanol–water partition coefficient (Wildman–Crippen LogP) is 2.34. The molecule has 19 heavy (non-hydrogen) atoms. The van der Waals surface area contributed by atoms with Gasteiger partial charge in [-0.15, -0.1) is 11.8 Å². The number of pyridine rings is 1. The summed E-state index contributed by atoms with van der Waals surface area (Å²) in [5, 5.41) is 8.89. The average molecular weight is 275 g/mol. The molecule has 0 radical (unpaired) electrons. The summed E-state index contributed by atoms with van der Waals surface area (Å²) in [6, 6.07) is 11.8. The van der Waals surface area contributed by atoms with E-state index < -0.39 is 5.97 Å². The van der Waals surface area contributed by atoms with Gasteiger partial charge in [0, 0.05) is 29.5 Å². The number of aromatic nitrogens is 1. The van der Waals surface area contributed by atoms with Gasteiger partial charge in [0.25, 0.3) is 5.56 Å². The predicted molar refractivity (Wildman–Crippen MR) is 74.8 cm³/mol. The molecule has 0 bridgehead atoms. The van der Waals surface area contributed by atoms with Crippen molar-refractivity contribution in [3.63, 3.8) is 0 Å². The van der Waals surface area contributed by atoms with Crippen molar-refractivity contribution in [3.05, 3.63) is 64.6 Å². The number of carboxylic acid groups (broad SMARTS) is 1. The molecule has 1 N–H and O–H groups in total. The summed E-state index contributed by atoms with van der Waals surface area (Å²) in [7, 11) is 0. The lowest BCUT2D eigenvalue weighted by atomic mass is 10.2. The monoisotopic (exact) mass is 275 g/mol.